The predicted octanol–water partition coefficient (Wildman–Crippen LogP) is -0.0854. The van der Waals surface area contributed by atoms with Gasteiger partial charge in [0.15, 0.2) is 0 Å². The molecule has 1 unspecified atom stereocenters. The number of hydrogen-bond donors (Lipinski definition) is 1. The van der Waals surface area contributed by atoms with Crippen LogP contribution in [-0.2, 0) is 0 Å². The first-order valence-electron chi connectivity index (χ1n) is 2.50. The van der Waals surface area contributed by atoms with Gasteiger partial charge in [-0.2, -0.15) is 0 Å². The van der Waals surface area contributed by atoms with Crippen molar-refractivity contribution in [3.63, 3.8) is 0 Å². The SMILES string of the molecule is CC(O)/N=C/N(C)C. The molecule has 0 fully saturated rings. The summed E-state index contributed by atoms with van der Waals surface area (Å²) >= 11 is 0. The molecule has 48 valence electrons. The smallest absolute Gasteiger partial charge is 0.144 e. The van der Waals surface area contributed by atoms with Crippen LogP contribution >= 0.6 is 0 Å². The lowest BCUT2D eigenvalue weighted by molar-refractivity contribution is 0.205. The van der Waals surface area contributed by atoms with E-state index in [-0.39, 0.29) is 0 Å². The second kappa shape index (κ2) is 3.43. The second-order valence-electron chi connectivity index (χ2n) is 1.86. The molecule has 1 atom stereocenters. The number of hydrogen-bond acceptors (Lipinski definition) is 2. The van der Waals surface area contributed by atoms with Crippen molar-refractivity contribution < 1.29 is 5.11 Å². The monoisotopic (exact) mass is 116 g/mol. The fourth-order valence-electron chi connectivity index (χ4n) is 0.230. The van der Waals surface area contributed by atoms with Crippen molar-refractivity contribution >= 4 is 6.34 Å². The Bertz CT molecular complexity index is 68.5. The third kappa shape index (κ3) is 5.43. The number of aliphatic hydroxyl groups excluding tert-OH is 1. The fraction of sp³-hybridized carbons (Fsp3) is 0.800. The van der Waals surface area contributed by atoms with E-state index >= 15 is 0 Å². The minimum Gasteiger partial charge on any atom is -0.372 e. The van der Waals surface area contributed by atoms with E-state index in [1.807, 2.05) is 14.1 Å². The van der Waals surface area contributed by atoms with E-state index in [4.69, 9.17) is 5.11 Å². The van der Waals surface area contributed by atoms with Crippen molar-refractivity contribution in [3.8, 4) is 0 Å². The molecule has 0 rings (SSSR count). The molecule has 8 heavy (non-hydrogen) atoms. The third-order valence-electron chi connectivity index (χ3n) is 0.513. The Hall–Kier alpha value is -0.570. The predicted molar refractivity (Wildman–Crippen MR) is 33.9 cm³/mol. The first-order valence-corrected chi connectivity index (χ1v) is 2.50. The van der Waals surface area contributed by atoms with Gasteiger partial charge in [0.25, 0.3) is 0 Å². The first kappa shape index (κ1) is 7.43. The van der Waals surface area contributed by atoms with Crippen molar-refractivity contribution in [1.29, 1.82) is 0 Å². The Kier molecular flexibility index (Phi) is 3.19. The molecule has 0 spiro atoms. The molecule has 0 heterocycles. The number of nitrogens with zero attached hydrogens (tertiary/aromatic N) is 2. The van der Waals surface area contributed by atoms with Gasteiger partial charge in [-0.1, -0.05) is 0 Å². The van der Waals surface area contributed by atoms with Crippen molar-refractivity contribution in [2.24, 2.45) is 4.99 Å². The topological polar surface area (TPSA) is 35.8 Å². The summed E-state index contributed by atoms with van der Waals surface area (Å²) in [6.07, 6.45) is 0.988. The molecule has 0 amide bonds. The van der Waals surface area contributed by atoms with Crippen LogP contribution in [0.15, 0.2) is 4.99 Å². The zero-order valence-electron chi connectivity index (χ0n) is 5.50. The molecule has 0 saturated heterocycles. The zero-order valence-corrected chi connectivity index (χ0v) is 5.50. The Balaban J connectivity index is 3.34. The molecule has 0 aliphatic rings. The van der Waals surface area contributed by atoms with Gasteiger partial charge in [0.1, 0.15) is 6.23 Å². The number of aliphatic imine (C=N–C) groups is 1. The third-order valence-corrected chi connectivity index (χ3v) is 0.513. The molecule has 0 aliphatic carbocycles. The molecule has 0 aromatic heterocycles. The quantitative estimate of drug-likeness (QED) is 0.404. The molecule has 0 aromatic carbocycles. The van der Waals surface area contributed by atoms with Crippen molar-refractivity contribution in [1.82, 2.24) is 4.90 Å². The summed E-state index contributed by atoms with van der Waals surface area (Å²) in [7, 11) is 3.71. The molecule has 0 radical (unpaired) electrons. The van der Waals surface area contributed by atoms with Gasteiger partial charge in [-0.3, -0.25) is 0 Å². The van der Waals surface area contributed by atoms with Crippen LogP contribution in [0.1, 0.15) is 6.92 Å². The van der Waals surface area contributed by atoms with Crippen molar-refractivity contribution in [3.05, 3.63) is 0 Å². The van der Waals surface area contributed by atoms with E-state index < -0.39 is 6.23 Å². The highest BCUT2D eigenvalue weighted by atomic mass is 16.3. The average Bonchev–Trinajstić information content (AvgIpc) is 1.61. The summed E-state index contributed by atoms with van der Waals surface area (Å²) in [5, 5.41) is 8.58. The summed E-state index contributed by atoms with van der Waals surface area (Å²) in [5.74, 6) is 0. The van der Waals surface area contributed by atoms with Crippen LogP contribution in [0.2, 0.25) is 0 Å². The molecular weight excluding hydrogens is 104 g/mol. The maximum absolute atomic E-state index is 8.58. The van der Waals surface area contributed by atoms with Gasteiger partial charge in [-0.25, -0.2) is 4.99 Å². The first-order chi connectivity index (χ1) is 3.63. The van der Waals surface area contributed by atoms with Crippen molar-refractivity contribution in [2.75, 3.05) is 14.1 Å². The minimum absolute atomic E-state index is 0.586. The van der Waals surface area contributed by atoms with E-state index in [0.29, 0.717) is 0 Å². The van der Waals surface area contributed by atoms with Gasteiger partial charge >= 0.3 is 0 Å². The van der Waals surface area contributed by atoms with Gasteiger partial charge in [0, 0.05) is 14.1 Å². The highest BCUT2D eigenvalue weighted by Crippen LogP contribution is 1.77. The Morgan fingerprint density at radius 1 is 1.62 bits per heavy atom. The van der Waals surface area contributed by atoms with Crippen LogP contribution in [-0.4, -0.2) is 36.7 Å². The van der Waals surface area contributed by atoms with Crippen LogP contribution in [0.25, 0.3) is 0 Å². The van der Waals surface area contributed by atoms with E-state index in [9.17, 15) is 0 Å². The fourth-order valence-corrected chi connectivity index (χ4v) is 0.230. The molecule has 1 N–H and O–H groups in total. The maximum atomic E-state index is 8.58. The Morgan fingerprint density at radius 3 is 2.25 bits per heavy atom. The zero-order chi connectivity index (χ0) is 6.57. The van der Waals surface area contributed by atoms with Crippen molar-refractivity contribution in [2.45, 2.75) is 13.2 Å². The lowest BCUT2D eigenvalue weighted by Gasteiger charge is -2.02. The van der Waals surface area contributed by atoms with Crippen LogP contribution in [0.3, 0.4) is 0 Å². The van der Waals surface area contributed by atoms with Gasteiger partial charge in [-0.05, 0) is 6.92 Å². The largest absolute Gasteiger partial charge is 0.372 e. The van der Waals surface area contributed by atoms with Gasteiger partial charge in [0.05, 0.1) is 6.34 Å². The lowest BCUT2D eigenvalue weighted by atomic mass is 10.7. The molecule has 0 bridgehead atoms. The standard InChI is InChI=1S/C5H12N2O/c1-5(8)6-4-7(2)3/h4-5,8H,1-3H3/b6-4+. The van der Waals surface area contributed by atoms with Crippen LogP contribution in [0.5, 0.6) is 0 Å². The maximum Gasteiger partial charge on any atom is 0.144 e. The molecule has 0 aliphatic heterocycles. The Labute approximate surface area is 49.6 Å². The van der Waals surface area contributed by atoms with Crippen LogP contribution < -0.4 is 0 Å². The summed E-state index contributed by atoms with van der Waals surface area (Å²) in [6, 6.07) is 0. The number of aliphatic hydroxyl groups is 1. The summed E-state index contributed by atoms with van der Waals surface area (Å²) in [5.41, 5.74) is 0. The normalized spacial score (nSPS) is 14.5. The highest BCUT2D eigenvalue weighted by molar-refractivity contribution is 5.53. The summed E-state index contributed by atoms with van der Waals surface area (Å²) in [4.78, 5) is 5.45. The molecule has 0 aromatic rings. The van der Waals surface area contributed by atoms with E-state index in [2.05, 4.69) is 4.99 Å². The molecule has 3 heteroatoms. The lowest BCUT2D eigenvalue weighted by Crippen LogP contribution is -2.10. The second-order valence-corrected chi connectivity index (χ2v) is 1.86. The Morgan fingerprint density at radius 2 is 2.12 bits per heavy atom. The average molecular weight is 116 g/mol. The minimum atomic E-state index is -0.586. The van der Waals surface area contributed by atoms with E-state index in [1.54, 1.807) is 18.2 Å². The van der Waals surface area contributed by atoms with Gasteiger partial charge in [-0.15, -0.1) is 0 Å². The molecular formula is C5H12N2O. The molecule has 0 saturated carbocycles. The molecule has 3 nitrogen and oxygen atoms in total. The number of rotatable bonds is 2. The van der Waals surface area contributed by atoms with Crippen LogP contribution in [0, 0.1) is 0 Å². The highest BCUT2D eigenvalue weighted by Gasteiger charge is 1.83. The van der Waals surface area contributed by atoms with E-state index in [1.165, 1.54) is 0 Å². The summed E-state index contributed by atoms with van der Waals surface area (Å²) < 4.78 is 0. The van der Waals surface area contributed by atoms with E-state index in [0.717, 1.165) is 0 Å². The van der Waals surface area contributed by atoms with Gasteiger partial charge < -0.3 is 10.0 Å². The summed E-state index contributed by atoms with van der Waals surface area (Å²) in [6.45, 7) is 1.61. The van der Waals surface area contributed by atoms with Crippen LogP contribution in [0.4, 0.5) is 0 Å². The van der Waals surface area contributed by atoms with Gasteiger partial charge in [0.2, 0.25) is 0 Å².